The quantitative estimate of drug-likeness (QED) is 0.729. The van der Waals surface area contributed by atoms with Gasteiger partial charge in [0.25, 0.3) is 5.91 Å². The summed E-state index contributed by atoms with van der Waals surface area (Å²) in [6.07, 6.45) is 0. The molecule has 150 valence electrons. The van der Waals surface area contributed by atoms with Crippen molar-refractivity contribution in [2.45, 2.75) is 20.4 Å². The van der Waals surface area contributed by atoms with Gasteiger partial charge in [0.1, 0.15) is 11.4 Å². The molecule has 1 aliphatic heterocycles. The molecule has 1 aromatic heterocycles. The summed E-state index contributed by atoms with van der Waals surface area (Å²) < 4.78 is 20.6. The minimum Gasteiger partial charge on any atom is -0.452 e. The molecule has 0 aliphatic carbocycles. The molecule has 2 heterocycles. The number of piperazine rings is 1. The number of aryl methyl sites for hydroxylation is 2. The number of halogens is 1. The van der Waals surface area contributed by atoms with E-state index in [1.54, 1.807) is 42.6 Å². The minimum absolute atomic E-state index is 0.214. The number of hydrogen-bond donors (Lipinski definition) is 0. The molecule has 0 unspecified atom stereocenters. The van der Waals surface area contributed by atoms with Crippen LogP contribution in [-0.4, -0.2) is 64.2 Å². The Bertz CT molecular complexity index is 872. The molecule has 3 rings (SSSR count). The van der Waals surface area contributed by atoms with E-state index in [2.05, 4.69) is 10.00 Å². The van der Waals surface area contributed by atoms with Crippen LogP contribution in [0.3, 0.4) is 0 Å². The number of carbonyl (C=O) groups excluding carboxylic acids is 2. The van der Waals surface area contributed by atoms with E-state index in [0.717, 1.165) is 0 Å². The average Bonchev–Trinajstić information content (AvgIpc) is 2.94. The zero-order valence-corrected chi connectivity index (χ0v) is 16.4. The molecule has 2 aromatic rings. The van der Waals surface area contributed by atoms with E-state index in [4.69, 9.17) is 4.74 Å². The Hall–Kier alpha value is -2.74. The summed E-state index contributed by atoms with van der Waals surface area (Å²) in [6.45, 7) is 6.09. The third-order valence-electron chi connectivity index (χ3n) is 5.12. The number of aromatic nitrogens is 2. The summed E-state index contributed by atoms with van der Waals surface area (Å²) in [5.41, 5.74) is 2.35. The van der Waals surface area contributed by atoms with Gasteiger partial charge in [0.05, 0.1) is 5.69 Å². The van der Waals surface area contributed by atoms with Crippen LogP contribution < -0.4 is 0 Å². The summed E-state index contributed by atoms with van der Waals surface area (Å²) in [5.74, 6) is -0.971. The largest absolute Gasteiger partial charge is 0.452 e. The number of benzene rings is 1. The first-order valence-corrected chi connectivity index (χ1v) is 9.27. The van der Waals surface area contributed by atoms with Crippen molar-refractivity contribution >= 4 is 11.9 Å². The van der Waals surface area contributed by atoms with Crippen LogP contribution >= 0.6 is 0 Å². The molecule has 1 amide bonds. The number of hydrogen-bond acceptors (Lipinski definition) is 5. The van der Waals surface area contributed by atoms with Crippen LogP contribution in [0, 0.1) is 19.7 Å². The van der Waals surface area contributed by atoms with Gasteiger partial charge in [-0.15, -0.1) is 0 Å². The van der Waals surface area contributed by atoms with Gasteiger partial charge in [0, 0.05) is 51.0 Å². The lowest BCUT2D eigenvalue weighted by atomic mass is 10.2. The molecule has 1 aromatic carbocycles. The van der Waals surface area contributed by atoms with Crippen LogP contribution in [0.25, 0.3) is 0 Å². The third kappa shape index (κ3) is 4.39. The minimum atomic E-state index is -0.533. The molecule has 1 saturated heterocycles. The Kier molecular flexibility index (Phi) is 6.08. The lowest BCUT2D eigenvalue weighted by Gasteiger charge is -2.34. The molecular formula is C20H25FN4O3. The topological polar surface area (TPSA) is 67.7 Å². The fourth-order valence-corrected chi connectivity index (χ4v) is 3.38. The summed E-state index contributed by atoms with van der Waals surface area (Å²) in [5, 5.41) is 4.19. The lowest BCUT2D eigenvalue weighted by Crippen LogP contribution is -2.49. The Morgan fingerprint density at radius 1 is 1.14 bits per heavy atom. The zero-order chi connectivity index (χ0) is 20.3. The van der Waals surface area contributed by atoms with Gasteiger partial charge in [-0.05, 0) is 19.9 Å². The van der Waals surface area contributed by atoms with Crippen molar-refractivity contribution in [2.75, 3.05) is 32.8 Å². The van der Waals surface area contributed by atoms with Gasteiger partial charge in [-0.3, -0.25) is 14.4 Å². The number of rotatable bonds is 5. The first kappa shape index (κ1) is 20.0. The molecule has 1 aliphatic rings. The number of esters is 1. The maximum atomic E-state index is 13.8. The Labute approximate surface area is 163 Å². The molecule has 7 nitrogen and oxygen atoms in total. The van der Waals surface area contributed by atoms with E-state index in [1.165, 1.54) is 6.07 Å². The van der Waals surface area contributed by atoms with Crippen LogP contribution in [0.2, 0.25) is 0 Å². The summed E-state index contributed by atoms with van der Waals surface area (Å²) in [7, 11) is 1.76. The summed E-state index contributed by atoms with van der Waals surface area (Å²) in [6, 6.07) is 6.72. The smallest absolute Gasteiger partial charge is 0.342 e. The molecule has 0 spiro atoms. The van der Waals surface area contributed by atoms with Gasteiger partial charge < -0.3 is 9.64 Å². The van der Waals surface area contributed by atoms with E-state index in [1.807, 2.05) is 6.07 Å². The zero-order valence-electron chi connectivity index (χ0n) is 16.4. The van der Waals surface area contributed by atoms with Gasteiger partial charge >= 0.3 is 5.97 Å². The maximum Gasteiger partial charge on any atom is 0.342 e. The monoisotopic (exact) mass is 388 g/mol. The van der Waals surface area contributed by atoms with Gasteiger partial charge in [-0.1, -0.05) is 18.2 Å². The fraction of sp³-hybridized carbons (Fsp3) is 0.450. The molecule has 0 atom stereocenters. The van der Waals surface area contributed by atoms with Crippen molar-refractivity contribution in [2.24, 2.45) is 7.05 Å². The van der Waals surface area contributed by atoms with Crippen LogP contribution in [0.1, 0.15) is 27.3 Å². The fourth-order valence-electron chi connectivity index (χ4n) is 3.38. The molecule has 28 heavy (non-hydrogen) atoms. The second kappa shape index (κ2) is 8.52. The predicted molar refractivity (Wildman–Crippen MR) is 101 cm³/mol. The van der Waals surface area contributed by atoms with Gasteiger partial charge in [0.15, 0.2) is 6.61 Å². The second-order valence-electron chi connectivity index (χ2n) is 6.99. The molecule has 1 fully saturated rings. The van der Waals surface area contributed by atoms with Crippen molar-refractivity contribution in [3.63, 3.8) is 0 Å². The van der Waals surface area contributed by atoms with Gasteiger partial charge in [-0.2, -0.15) is 5.10 Å². The third-order valence-corrected chi connectivity index (χ3v) is 5.12. The number of amides is 1. The summed E-state index contributed by atoms with van der Waals surface area (Å²) >= 11 is 0. The van der Waals surface area contributed by atoms with Crippen molar-refractivity contribution in [1.29, 1.82) is 0 Å². The first-order valence-electron chi connectivity index (χ1n) is 9.27. The summed E-state index contributed by atoms with van der Waals surface area (Å²) in [4.78, 5) is 28.4. The lowest BCUT2D eigenvalue weighted by molar-refractivity contribution is -0.136. The molecule has 8 heteroatoms. The maximum absolute atomic E-state index is 13.8. The highest BCUT2D eigenvalue weighted by Crippen LogP contribution is 2.14. The van der Waals surface area contributed by atoms with Crippen molar-refractivity contribution in [1.82, 2.24) is 19.6 Å². The predicted octanol–water partition coefficient (Wildman–Crippen LogP) is 1.68. The molecule has 0 bridgehead atoms. The van der Waals surface area contributed by atoms with E-state index < -0.39 is 5.97 Å². The van der Waals surface area contributed by atoms with Crippen molar-refractivity contribution in [3.05, 3.63) is 52.6 Å². The van der Waals surface area contributed by atoms with E-state index >= 15 is 0 Å². The van der Waals surface area contributed by atoms with Crippen molar-refractivity contribution < 1.29 is 18.7 Å². The number of nitrogens with zero attached hydrogens (tertiary/aromatic N) is 4. The highest BCUT2D eigenvalue weighted by atomic mass is 19.1. The van der Waals surface area contributed by atoms with Crippen molar-refractivity contribution in [3.8, 4) is 0 Å². The molecule has 0 radical (unpaired) electrons. The highest BCUT2D eigenvalue weighted by molar-refractivity contribution is 5.93. The molecular weight excluding hydrogens is 363 g/mol. The highest BCUT2D eigenvalue weighted by Gasteiger charge is 2.24. The standard InChI is InChI=1S/C20H25FN4O3/c1-14-19(15(2)23(3)22-14)20(27)28-13-18(26)25-10-8-24(9-11-25)12-16-6-4-5-7-17(16)21/h4-7H,8-13H2,1-3H3. The van der Waals surface area contributed by atoms with Crippen LogP contribution in [0.5, 0.6) is 0 Å². The van der Waals surface area contributed by atoms with Crippen LogP contribution in [0.4, 0.5) is 4.39 Å². The molecule has 0 N–H and O–H groups in total. The first-order chi connectivity index (χ1) is 13.4. The van der Waals surface area contributed by atoms with Gasteiger partial charge in [0.2, 0.25) is 0 Å². The van der Waals surface area contributed by atoms with Crippen LogP contribution in [-0.2, 0) is 23.1 Å². The van der Waals surface area contributed by atoms with Gasteiger partial charge in [-0.25, -0.2) is 9.18 Å². The average molecular weight is 388 g/mol. The Morgan fingerprint density at radius 2 is 1.82 bits per heavy atom. The Balaban J connectivity index is 1.47. The Morgan fingerprint density at radius 3 is 2.43 bits per heavy atom. The van der Waals surface area contributed by atoms with E-state index in [9.17, 15) is 14.0 Å². The number of ether oxygens (including phenoxy) is 1. The second-order valence-corrected chi connectivity index (χ2v) is 6.99. The van der Waals surface area contributed by atoms with Crippen LogP contribution in [0.15, 0.2) is 24.3 Å². The molecule has 0 saturated carbocycles. The SMILES string of the molecule is Cc1nn(C)c(C)c1C(=O)OCC(=O)N1CCN(Cc2ccccc2F)CC1. The van der Waals surface area contributed by atoms with E-state index in [0.29, 0.717) is 55.2 Å². The van der Waals surface area contributed by atoms with E-state index in [-0.39, 0.29) is 18.3 Å². The normalized spacial score (nSPS) is 14.9. The number of carbonyl (C=O) groups is 2.